The summed E-state index contributed by atoms with van der Waals surface area (Å²) in [5.41, 5.74) is 1.48. The fourth-order valence-corrected chi connectivity index (χ4v) is 5.20. The third kappa shape index (κ3) is 2.83. The van der Waals surface area contributed by atoms with Crippen LogP contribution in [0.3, 0.4) is 0 Å². The van der Waals surface area contributed by atoms with Crippen molar-refractivity contribution in [1.29, 1.82) is 0 Å². The van der Waals surface area contributed by atoms with Crippen LogP contribution in [0.25, 0.3) is 0 Å². The highest BCUT2D eigenvalue weighted by atomic mass is 32.2. The van der Waals surface area contributed by atoms with E-state index in [-0.39, 0.29) is 28.7 Å². The average molecular weight is 399 g/mol. The number of hydrogen-bond donors (Lipinski definition) is 4. The average Bonchev–Trinajstić information content (AvgIpc) is 3.02. The van der Waals surface area contributed by atoms with Crippen LogP contribution in [0.5, 0.6) is 23.0 Å². The second-order valence-electron chi connectivity index (χ2n) is 6.55. The molecule has 1 unspecified atom stereocenters. The van der Waals surface area contributed by atoms with Crippen molar-refractivity contribution >= 4 is 10.0 Å². The van der Waals surface area contributed by atoms with E-state index >= 15 is 0 Å². The normalized spacial score (nSPS) is 16.8. The molecule has 0 aliphatic carbocycles. The molecule has 4 rings (SSSR count). The van der Waals surface area contributed by atoms with Gasteiger partial charge in [-0.05, 0) is 29.3 Å². The number of hydrogen-bond acceptors (Lipinski definition) is 6. The molecule has 144 valence electrons. The van der Waals surface area contributed by atoms with Gasteiger partial charge in [0.1, 0.15) is 27.9 Å². The number of phenols is 4. The van der Waals surface area contributed by atoms with Crippen LogP contribution in [-0.4, -0.2) is 33.1 Å². The van der Waals surface area contributed by atoms with Crippen molar-refractivity contribution in [1.82, 2.24) is 4.31 Å². The first-order chi connectivity index (χ1) is 13.3. The standard InChI is InChI=1S/C20H17NO6S/c22-14-6-7-18(16(24)9-14)28(26,27)21-11-13-8-15(23)10-17(25)19(13)20(21)12-4-2-1-3-5-12/h1-10,20,22-25H,11H2. The highest BCUT2D eigenvalue weighted by molar-refractivity contribution is 7.89. The molecule has 0 fully saturated rings. The van der Waals surface area contributed by atoms with E-state index in [2.05, 4.69) is 0 Å². The molecular weight excluding hydrogens is 382 g/mol. The number of benzene rings is 3. The minimum Gasteiger partial charge on any atom is -0.508 e. The van der Waals surface area contributed by atoms with Crippen LogP contribution in [0.15, 0.2) is 65.6 Å². The van der Waals surface area contributed by atoms with Crippen LogP contribution in [-0.2, 0) is 16.6 Å². The molecule has 0 bridgehead atoms. The van der Waals surface area contributed by atoms with Gasteiger partial charge < -0.3 is 20.4 Å². The summed E-state index contributed by atoms with van der Waals surface area (Å²) in [4.78, 5) is -0.359. The number of phenolic OH excluding ortho intramolecular Hbond substituents is 4. The lowest BCUT2D eigenvalue weighted by molar-refractivity contribution is 0.375. The zero-order valence-corrected chi connectivity index (χ0v) is 15.3. The molecule has 1 aliphatic heterocycles. The van der Waals surface area contributed by atoms with Crippen LogP contribution >= 0.6 is 0 Å². The summed E-state index contributed by atoms with van der Waals surface area (Å²) in [6, 6.07) is 13.8. The van der Waals surface area contributed by atoms with Gasteiger partial charge in [0, 0.05) is 24.2 Å². The molecule has 4 N–H and O–H groups in total. The van der Waals surface area contributed by atoms with E-state index in [9.17, 15) is 28.8 Å². The Kier molecular flexibility index (Phi) is 4.17. The highest BCUT2D eigenvalue weighted by Crippen LogP contribution is 2.48. The van der Waals surface area contributed by atoms with Gasteiger partial charge in [-0.1, -0.05) is 30.3 Å². The smallest absolute Gasteiger partial charge is 0.247 e. The summed E-state index contributed by atoms with van der Waals surface area (Å²) in [7, 11) is -4.20. The van der Waals surface area contributed by atoms with Crippen molar-refractivity contribution in [3.8, 4) is 23.0 Å². The van der Waals surface area contributed by atoms with Crippen molar-refractivity contribution in [3.63, 3.8) is 0 Å². The van der Waals surface area contributed by atoms with Gasteiger partial charge in [0.15, 0.2) is 0 Å². The molecule has 0 saturated heterocycles. The van der Waals surface area contributed by atoms with Crippen molar-refractivity contribution < 1.29 is 28.8 Å². The summed E-state index contributed by atoms with van der Waals surface area (Å²) < 4.78 is 27.9. The Morgan fingerprint density at radius 1 is 0.821 bits per heavy atom. The molecule has 0 saturated carbocycles. The van der Waals surface area contributed by atoms with Gasteiger partial charge in [-0.25, -0.2) is 8.42 Å². The fraction of sp³-hybridized carbons (Fsp3) is 0.100. The maximum Gasteiger partial charge on any atom is 0.247 e. The number of sulfonamides is 1. The fourth-order valence-electron chi connectivity index (χ4n) is 3.57. The molecule has 1 aliphatic rings. The molecule has 0 radical (unpaired) electrons. The van der Waals surface area contributed by atoms with Crippen molar-refractivity contribution in [2.75, 3.05) is 0 Å². The SMILES string of the molecule is O=S(=O)(c1ccc(O)cc1O)N1Cc2cc(O)cc(O)c2C1c1ccccc1. The molecule has 3 aromatic carbocycles. The Morgan fingerprint density at radius 2 is 1.50 bits per heavy atom. The topological polar surface area (TPSA) is 118 Å². The lowest BCUT2D eigenvalue weighted by atomic mass is 9.97. The van der Waals surface area contributed by atoms with Crippen LogP contribution in [0.1, 0.15) is 22.7 Å². The predicted molar refractivity (Wildman–Crippen MR) is 101 cm³/mol. The zero-order chi connectivity index (χ0) is 20.1. The zero-order valence-electron chi connectivity index (χ0n) is 14.5. The molecule has 8 heteroatoms. The number of nitrogens with zero attached hydrogens (tertiary/aromatic N) is 1. The minimum absolute atomic E-state index is 0.0977. The van der Waals surface area contributed by atoms with Crippen molar-refractivity contribution in [2.24, 2.45) is 0 Å². The Balaban J connectivity index is 1.92. The summed E-state index contributed by atoms with van der Waals surface area (Å²) in [5.74, 6) is -1.22. The van der Waals surface area contributed by atoms with Gasteiger partial charge in [-0.15, -0.1) is 0 Å². The molecule has 0 spiro atoms. The van der Waals surface area contributed by atoms with Gasteiger partial charge >= 0.3 is 0 Å². The maximum atomic E-state index is 13.4. The van der Waals surface area contributed by atoms with E-state index in [4.69, 9.17) is 0 Å². The Morgan fingerprint density at radius 3 is 2.18 bits per heavy atom. The minimum atomic E-state index is -4.20. The summed E-state index contributed by atoms with van der Waals surface area (Å²) in [6.45, 7) is -0.0977. The number of rotatable bonds is 3. The van der Waals surface area contributed by atoms with E-state index < -0.39 is 21.8 Å². The second-order valence-corrected chi connectivity index (χ2v) is 8.41. The molecule has 28 heavy (non-hydrogen) atoms. The van der Waals surface area contributed by atoms with Gasteiger partial charge in [0.25, 0.3) is 0 Å². The quantitative estimate of drug-likeness (QED) is 0.538. The Labute approximate surface area is 161 Å². The Bertz CT molecular complexity index is 1160. The first kappa shape index (κ1) is 18.1. The molecule has 0 aromatic heterocycles. The van der Waals surface area contributed by atoms with Gasteiger partial charge in [-0.2, -0.15) is 4.31 Å². The van der Waals surface area contributed by atoms with E-state index in [1.807, 2.05) is 0 Å². The van der Waals surface area contributed by atoms with Crippen molar-refractivity contribution in [2.45, 2.75) is 17.5 Å². The lowest BCUT2D eigenvalue weighted by Gasteiger charge is -2.25. The first-order valence-electron chi connectivity index (χ1n) is 8.42. The summed E-state index contributed by atoms with van der Waals surface area (Å²) in [5, 5.41) is 39.8. The van der Waals surface area contributed by atoms with Crippen LogP contribution in [0.2, 0.25) is 0 Å². The molecule has 1 atom stereocenters. The van der Waals surface area contributed by atoms with E-state index in [0.29, 0.717) is 16.7 Å². The monoisotopic (exact) mass is 399 g/mol. The third-order valence-corrected chi connectivity index (χ3v) is 6.62. The van der Waals surface area contributed by atoms with Crippen LogP contribution < -0.4 is 0 Å². The number of aromatic hydroxyl groups is 4. The largest absolute Gasteiger partial charge is 0.508 e. The molecule has 1 heterocycles. The Hall–Kier alpha value is -3.23. The lowest BCUT2D eigenvalue weighted by Crippen LogP contribution is -2.30. The van der Waals surface area contributed by atoms with E-state index in [0.717, 1.165) is 16.4 Å². The second kappa shape index (κ2) is 6.43. The molecule has 3 aromatic rings. The third-order valence-electron chi connectivity index (χ3n) is 4.76. The summed E-state index contributed by atoms with van der Waals surface area (Å²) in [6.07, 6.45) is 0. The van der Waals surface area contributed by atoms with Crippen LogP contribution in [0.4, 0.5) is 0 Å². The van der Waals surface area contributed by atoms with E-state index in [1.54, 1.807) is 30.3 Å². The maximum absolute atomic E-state index is 13.4. The first-order valence-corrected chi connectivity index (χ1v) is 9.86. The predicted octanol–water partition coefficient (Wildman–Crippen LogP) is 2.80. The molecule has 0 amide bonds. The molecule has 7 nitrogen and oxygen atoms in total. The van der Waals surface area contributed by atoms with Crippen LogP contribution in [0, 0.1) is 0 Å². The number of fused-ring (bicyclic) bond motifs is 1. The van der Waals surface area contributed by atoms with Gasteiger partial charge in [0.2, 0.25) is 10.0 Å². The summed E-state index contributed by atoms with van der Waals surface area (Å²) >= 11 is 0. The van der Waals surface area contributed by atoms with Gasteiger partial charge in [0.05, 0.1) is 6.04 Å². The highest BCUT2D eigenvalue weighted by Gasteiger charge is 2.42. The van der Waals surface area contributed by atoms with Gasteiger partial charge in [-0.3, -0.25) is 0 Å². The van der Waals surface area contributed by atoms with E-state index in [1.165, 1.54) is 18.2 Å². The van der Waals surface area contributed by atoms with Crippen molar-refractivity contribution in [3.05, 3.63) is 77.4 Å². The molecular formula is C20H17NO6S.